The normalized spacial score (nSPS) is 10.9. The van der Waals surface area contributed by atoms with Crippen molar-refractivity contribution in [1.29, 1.82) is 0 Å². The van der Waals surface area contributed by atoms with Gasteiger partial charge in [-0.1, -0.05) is 30.3 Å². The number of nitrogens with one attached hydrogen (secondary N) is 1. The van der Waals surface area contributed by atoms with Crippen molar-refractivity contribution < 1.29 is 4.42 Å². The molecule has 0 bridgehead atoms. The van der Waals surface area contributed by atoms with Gasteiger partial charge in [-0.3, -0.25) is 0 Å². The van der Waals surface area contributed by atoms with Gasteiger partial charge in [0.2, 0.25) is 0 Å². The Labute approximate surface area is 122 Å². The lowest BCUT2D eigenvalue weighted by atomic mass is 10.1. The number of aromatic nitrogens is 1. The Hall–Kier alpha value is -1.91. The molecular weight excluding hydrogens is 268 g/mol. The molecule has 0 atom stereocenters. The molecule has 0 unspecified atom stereocenters. The topological polar surface area (TPSA) is 38.1 Å². The second-order valence-electron chi connectivity index (χ2n) is 4.58. The van der Waals surface area contributed by atoms with Gasteiger partial charge in [-0.2, -0.15) is 0 Å². The largest absolute Gasteiger partial charge is 0.469 e. The molecule has 4 heteroatoms. The van der Waals surface area contributed by atoms with Crippen LogP contribution in [0.3, 0.4) is 0 Å². The Kier molecular flexibility index (Phi) is 3.67. The highest BCUT2D eigenvalue weighted by atomic mass is 32.1. The van der Waals surface area contributed by atoms with E-state index in [0.717, 1.165) is 28.6 Å². The van der Waals surface area contributed by atoms with Crippen LogP contribution in [0.4, 0.5) is 0 Å². The van der Waals surface area contributed by atoms with Gasteiger partial charge in [0, 0.05) is 6.54 Å². The van der Waals surface area contributed by atoms with Crippen LogP contribution in [-0.4, -0.2) is 12.0 Å². The predicted octanol–water partition coefficient (Wildman–Crippen LogP) is 4.10. The number of rotatable bonds is 4. The van der Waals surface area contributed by atoms with E-state index in [2.05, 4.69) is 29.6 Å². The maximum absolute atomic E-state index is 5.38. The van der Waals surface area contributed by atoms with Crippen molar-refractivity contribution in [2.24, 2.45) is 0 Å². The maximum Gasteiger partial charge on any atom is 0.127 e. The highest BCUT2D eigenvalue weighted by molar-refractivity contribution is 7.18. The predicted molar refractivity (Wildman–Crippen MR) is 82.8 cm³/mol. The lowest BCUT2D eigenvalue weighted by molar-refractivity contribution is 0.535. The molecule has 0 saturated carbocycles. The summed E-state index contributed by atoms with van der Waals surface area (Å²) in [6.07, 6.45) is 1.71. The van der Waals surface area contributed by atoms with Crippen LogP contribution in [0.2, 0.25) is 0 Å². The van der Waals surface area contributed by atoms with Crippen molar-refractivity contribution in [2.45, 2.75) is 13.5 Å². The first kappa shape index (κ1) is 13.1. The summed E-state index contributed by atoms with van der Waals surface area (Å²) in [5.41, 5.74) is 3.37. The summed E-state index contributed by atoms with van der Waals surface area (Å²) in [7, 11) is 1.94. The van der Waals surface area contributed by atoms with Crippen molar-refractivity contribution in [3.8, 4) is 21.0 Å². The Morgan fingerprint density at radius 2 is 2.00 bits per heavy atom. The molecule has 0 aliphatic carbocycles. The number of hydrogen-bond donors (Lipinski definition) is 1. The van der Waals surface area contributed by atoms with E-state index >= 15 is 0 Å². The fraction of sp³-hybridized carbons (Fsp3) is 0.188. The molecule has 1 aromatic carbocycles. The maximum atomic E-state index is 5.38. The van der Waals surface area contributed by atoms with Gasteiger partial charge in [0.1, 0.15) is 10.8 Å². The van der Waals surface area contributed by atoms with E-state index in [0.29, 0.717) is 0 Å². The molecule has 0 fully saturated rings. The standard InChI is InChI=1S/C16H16N2OS/c1-11-13(8-9-19-11)16-18-14(10-17-2)15(20-16)12-6-4-3-5-7-12/h3-9,17H,10H2,1-2H3. The van der Waals surface area contributed by atoms with E-state index in [1.807, 2.05) is 26.1 Å². The van der Waals surface area contributed by atoms with Gasteiger partial charge in [0.25, 0.3) is 0 Å². The SMILES string of the molecule is CNCc1nc(-c2ccoc2C)sc1-c1ccccc1. The molecule has 20 heavy (non-hydrogen) atoms. The Morgan fingerprint density at radius 1 is 1.20 bits per heavy atom. The van der Waals surface area contributed by atoms with Crippen LogP contribution in [0, 0.1) is 6.92 Å². The summed E-state index contributed by atoms with van der Waals surface area (Å²) in [5, 5.41) is 4.20. The lowest BCUT2D eigenvalue weighted by Crippen LogP contribution is -2.06. The molecule has 0 aliphatic heterocycles. The summed E-state index contributed by atoms with van der Waals surface area (Å²) in [4.78, 5) is 5.99. The molecule has 0 spiro atoms. The number of furan rings is 1. The quantitative estimate of drug-likeness (QED) is 0.784. The second-order valence-corrected chi connectivity index (χ2v) is 5.58. The van der Waals surface area contributed by atoms with E-state index in [9.17, 15) is 0 Å². The fourth-order valence-corrected chi connectivity index (χ4v) is 3.34. The van der Waals surface area contributed by atoms with E-state index in [-0.39, 0.29) is 0 Å². The van der Waals surface area contributed by atoms with E-state index in [4.69, 9.17) is 9.40 Å². The van der Waals surface area contributed by atoms with E-state index in [1.165, 1.54) is 10.4 Å². The smallest absolute Gasteiger partial charge is 0.127 e. The van der Waals surface area contributed by atoms with Gasteiger partial charge < -0.3 is 9.73 Å². The van der Waals surface area contributed by atoms with Crippen molar-refractivity contribution in [3.63, 3.8) is 0 Å². The van der Waals surface area contributed by atoms with Crippen molar-refractivity contribution in [2.75, 3.05) is 7.05 Å². The average Bonchev–Trinajstić information content (AvgIpc) is 3.06. The van der Waals surface area contributed by atoms with E-state index < -0.39 is 0 Å². The zero-order valence-corrected chi connectivity index (χ0v) is 12.3. The number of thiazole rings is 1. The minimum Gasteiger partial charge on any atom is -0.469 e. The zero-order valence-electron chi connectivity index (χ0n) is 11.5. The number of aryl methyl sites for hydroxylation is 1. The summed E-state index contributed by atoms with van der Waals surface area (Å²) >= 11 is 1.71. The minimum absolute atomic E-state index is 0.762. The monoisotopic (exact) mass is 284 g/mol. The Bertz CT molecular complexity index is 700. The van der Waals surface area contributed by atoms with Crippen LogP contribution in [0.15, 0.2) is 47.1 Å². The highest BCUT2D eigenvalue weighted by Crippen LogP contribution is 2.36. The lowest BCUT2D eigenvalue weighted by Gasteiger charge is -2.00. The van der Waals surface area contributed by atoms with Crippen molar-refractivity contribution >= 4 is 11.3 Å². The van der Waals surface area contributed by atoms with Gasteiger partial charge >= 0.3 is 0 Å². The van der Waals surface area contributed by atoms with Crippen LogP contribution in [0.25, 0.3) is 21.0 Å². The molecule has 3 aromatic rings. The van der Waals surface area contributed by atoms with Gasteiger partial charge in [0.05, 0.1) is 22.4 Å². The summed E-state index contributed by atoms with van der Waals surface area (Å²) in [6.45, 7) is 2.73. The first-order valence-corrected chi connectivity index (χ1v) is 7.35. The minimum atomic E-state index is 0.762. The van der Waals surface area contributed by atoms with Crippen molar-refractivity contribution in [1.82, 2.24) is 10.3 Å². The fourth-order valence-electron chi connectivity index (χ4n) is 2.18. The molecule has 1 N–H and O–H groups in total. The van der Waals surface area contributed by atoms with E-state index in [1.54, 1.807) is 17.6 Å². The molecular formula is C16H16N2OS. The van der Waals surface area contributed by atoms with Crippen LogP contribution in [-0.2, 0) is 6.54 Å². The molecule has 0 aliphatic rings. The van der Waals surface area contributed by atoms with Crippen molar-refractivity contribution in [3.05, 3.63) is 54.1 Å². The van der Waals surface area contributed by atoms with Crippen LogP contribution < -0.4 is 5.32 Å². The molecule has 3 nitrogen and oxygen atoms in total. The van der Waals surface area contributed by atoms with Crippen LogP contribution >= 0.6 is 11.3 Å². The third-order valence-corrected chi connectivity index (χ3v) is 4.35. The third kappa shape index (κ3) is 2.40. The summed E-state index contributed by atoms with van der Waals surface area (Å²) in [5.74, 6) is 0.911. The molecule has 0 amide bonds. The molecule has 0 saturated heterocycles. The van der Waals surface area contributed by atoms with Gasteiger partial charge in [-0.25, -0.2) is 4.98 Å². The Balaban J connectivity index is 2.10. The Morgan fingerprint density at radius 3 is 2.65 bits per heavy atom. The van der Waals surface area contributed by atoms with Gasteiger partial charge in [-0.15, -0.1) is 11.3 Å². The van der Waals surface area contributed by atoms with Crippen LogP contribution in [0.1, 0.15) is 11.5 Å². The van der Waals surface area contributed by atoms with Crippen LogP contribution in [0.5, 0.6) is 0 Å². The second kappa shape index (κ2) is 5.61. The molecule has 102 valence electrons. The number of benzene rings is 1. The molecule has 0 radical (unpaired) electrons. The molecule has 2 heterocycles. The average molecular weight is 284 g/mol. The first-order chi connectivity index (χ1) is 9.79. The summed E-state index contributed by atoms with van der Waals surface area (Å²) < 4.78 is 5.38. The molecule has 2 aromatic heterocycles. The summed E-state index contributed by atoms with van der Waals surface area (Å²) in [6, 6.07) is 12.4. The zero-order chi connectivity index (χ0) is 13.9. The highest BCUT2D eigenvalue weighted by Gasteiger charge is 2.15. The van der Waals surface area contributed by atoms with Gasteiger partial charge in [0.15, 0.2) is 0 Å². The first-order valence-electron chi connectivity index (χ1n) is 6.54. The number of hydrogen-bond acceptors (Lipinski definition) is 4. The number of nitrogens with zero attached hydrogens (tertiary/aromatic N) is 1. The third-order valence-electron chi connectivity index (χ3n) is 3.17. The molecule has 3 rings (SSSR count). The van der Waals surface area contributed by atoms with Gasteiger partial charge in [-0.05, 0) is 25.6 Å².